The van der Waals surface area contributed by atoms with Crippen LogP contribution in [0.3, 0.4) is 0 Å². The standard InChI is InChI=1S/C15H20BrNO2/c16-9-5-4-8-13-14(10-15(18)17-13)19-11-12-6-2-1-3-7-12/h1-3,6-7,13-14H,4-5,8-11H2,(H,17,18)/t13-,14+/m1/s1. The third-order valence-corrected chi connectivity index (χ3v) is 3.95. The number of unbranched alkanes of at least 4 members (excludes halogenated alkanes) is 1. The molecule has 1 aliphatic rings. The van der Waals surface area contributed by atoms with Crippen molar-refractivity contribution in [2.75, 3.05) is 5.33 Å². The van der Waals surface area contributed by atoms with Crippen LogP contribution in [-0.2, 0) is 16.1 Å². The Kier molecular flexibility index (Phi) is 5.86. The molecule has 0 saturated carbocycles. The van der Waals surface area contributed by atoms with Crippen LogP contribution in [0.15, 0.2) is 30.3 Å². The number of halogens is 1. The monoisotopic (exact) mass is 325 g/mol. The van der Waals surface area contributed by atoms with Crippen LogP contribution in [0.2, 0.25) is 0 Å². The minimum atomic E-state index is 0.0167. The molecular weight excluding hydrogens is 306 g/mol. The summed E-state index contributed by atoms with van der Waals surface area (Å²) in [5, 5.41) is 4.04. The normalized spacial score (nSPS) is 22.5. The lowest BCUT2D eigenvalue weighted by molar-refractivity contribution is -0.119. The molecule has 0 spiro atoms. The molecule has 4 heteroatoms. The molecule has 0 unspecified atom stereocenters. The van der Waals surface area contributed by atoms with Crippen molar-refractivity contribution in [3.05, 3.63) is 35.9 Å². The third kappa shape index (κ3) is 4.62. The molecule has 19 heavy (non-hydrogen) atoms. The molecule has 0 aromatic heterocycles. The summed E-state index contributed by atoms with van der Waals surface area (Å²) in [6.45, 7) is 0.579. The summed E-state index contributed by atoms with van der Waals surface area (Å²) in [5.41, 5.74) is 1.15. The van der Waals surface area contributed by atoms with Gasteiger partial charge in [-0.3, -0.25) is 4.79 Å². The van der Waals surface area contributed by atoms with E-state index >= 15 is 0 Å². The molecule has 0 aliphatic carbocycles. The second kappa shape index (κ2) is 7.65. The van der Waals surface area contributed by atoms with Crippen molar-refractivity contribution in [2.45, 2.75) is 44.4 Å². The lowest BCUT2D eigenvalue weighted by Gasteiger charge is -2.19. The van der Waals surface area contributed by atoms with Crippen molar-refractivity contribution >= 4 is 21.8 Å². The Morgan fingerprint density at radius 2 is 2.05 bits per heavy atom. The Hall–Kier alpha value is -0.870. The second-order valence-corrected chi connectivity index (χ2v) is 5.69. The number of hydrogen-bond acceptors (Lipinski definition) is 2. The van der Waals surface area contributed by atoms with Crippen LogP contribution in [0.4, 0.5) is 0 Å². The van der Waals surface area contributed by atoms with Gasteiger partial charge in [-0.2, -0.15) is 0 Å². The Bertz CT molecular complexity index is 396. The summed E-state index contributed by atoms with van der Waals surface area (Å²) in [6.07, 6.45) is 3.75. The van der Waals surface area contributed by atoms with Gasteiger partial charge in [0, 0.05) is 5.33 Å². The van der Waals surface area contributed by atoms with Gasteiger partial charge in [0.2, 0.25) is 5.91 Å². The highest BCUT2D eigenvalue weighted by molar-refractivity contribution is 9.09. The molecule has 104 valence electrons. The maximum Gasteiger partial charge on any atom is 0.223 e. The fraction of sp³-hybridized carbons (Fsp3) is 0.533. The zero-order chi connectivity index (χ0) is 13.5. The molecule has 0 bridgehead atoms. The number of hydrogen-bond donors (Lipinski definition) is 1. The number of amides is 1. The van der Waals surface area contributed by atoms with Gasteiger partial charge in [0.15, 0.2) is 0 Å². The number of carbonyl (C=O) groups is 1. The molecule has 1 fully saturated rings. The topological polar surface area (TPSA) is 38.3 Å². The summed E-state index contributed by atoms with van der Waals surface area (Å²) < 4.78 is 5.91. The van der Waals surface area contributed by atoms with Crippen LogP contribution in [0.5, 0.6) is 0 Å². The average molecular weight is 326 g/mol. The molecule has 0 radical (unpaired) electrons. The molecule has 3 nitrogen and oxygen atoms in total. The number of benzene rings is 1. The lowest BCUT2D eigenvalue weighted by Crippen LogP contribution is -2.33. The van der Waals surface area contributed by atoms with E-state index in [0.29, 0.717) is 13.0 Å². The Labute approximate surface area is 122 Å². The van der Waals surface area contributed by atoms with E-state index in [-0.39, 0.29) is 18.1 Å². The molecule has 1 saturated heterocycles. The van der Waals surface area contributed by atoms with Crippen molar-refractivity contribution in [2.24, 2.45) is 0 Å². The minimum absolute atomic E-state index is 0.0167. The van der Waals surface area contributed by atoms with Gasteiger partial charge in [-0.15, -0.1) is 0 Å². The molecule has 1 N–H and O–H groups in total. The van der Waals surface area contributed by atoms with E-state index < -0.39 is 0 Å². The minimum Gasteiger partial charge on any atom is -0.371 e. The van der Waals surface area contributed by atoms with Crippen molar-refractivity contribution in [3.63, 3.8) is 0 Å². The van der Waals surface area contributed by atoms with Gasteiger partial charge >= 0.3 is 0 Å². The van der Waals surface area contributed by atoms with Crippen molar-refractivity contribution < 1.29 is 9.53 Å². The third-order valence-electron chi connectivity index (χ3n) is 3.39. The quantitative estimate of drug-likeness (QED) is 0.618. The smallest absolute Gasteiger partial charge is 0.223 e. The molecule has 1 aliphatic heterocycles. The second-order valence-electron chi connectivity index (χ2n) is 4.90. The van der Waals surface area contributed by atoms with E-state index in [9.17, 15) is 4.79 Å². The van der Waals surface area contributed by atoms with Crippen LogP contribution in [0.25, 0.3) is 0 Å². The summed E-state index contributed by atoms with van der Waals surface area (Å²) >= 11 is 3.43. The molecular formula is C15H20BrNO2. The summed E-state index contributed by atoms with van der Waals surface area (Å²) in [6, 6.07) is 10.3. The molecule has 1 aromatic rings. The van der Waals surface area contributed by atoms with Gasteiger partial charge in [0.05, 0.1) is 25.2 Å². The average Bonchev–Trinajstić information content (AvgIpc) is 2.78. The predicted molar refractivity (Wildman–Crippen MR) is 79.2 cm³/mol. The highest BCUT2D eigenvalue weighted by Crippen LogP contribution is 2.19. The van der Waals surface area contributed by atoms with E-state index in [4.69, 9.17) is 4.74 Å². The lowest BCUT2D eigenvalue weighted by atomic mass is 10.1. The van der Waals surface area contributed by atoms with Gasteiger partial charge in [0.1, 0.15) is 0 Å². The summed E-state index contributed by atoms with van der Waals surface area (Å²) in [7, 11) is 0. The summed E-state index contributed by atoms with van der Waals surface area (Å²) in [5.74, 6) is 0.113. The molecule has 1 amide bonds. The van der Waals surface area contributed by atoms with E-state index in [2.05, 4.69) is 21.2 Å². The number of alkyl halides is 1. The van der Waals surface area contributed by atoms with Crippen molar-refractivity contribution in [1.29, 1.82) is 0 Å². The van der Waals surface area contributed by atoms with E-state index in [1.165, 1.54) is 0 Å². The maximum absolute atomic E-state index is 11.5. The first-order chi connectivity index (χ1) is 9.29. The summed E-state index contributed by atoms with van der Waals surface area (Å²) in [4.78, 5) is 11.5. The van der Waals surface area contributed by atoms with Crippen LogP contribution >= 0.6 is 15.9 Å². The molecule has 2 rings (SSSR count). The fourth-order valence-corrected chi connectivity index (χ4v) is 2.75. The van der Waals surface area contributed by atoms with E-state index in [1.54, 1.807) is 0 Å². The Balaban J connectivity index is 1.81. The maximum atomic E-state index is 11.5. The van der Waals surface area contributed by atoms with Crippen LogP contribution in [0.1, 0.15) is 31.2 Å². The zero-order valence-electron chi connectivity index (χ0n) is 11.0. The predicted octanol–water partition coefficient (Wildman–Crippen LogP) is 3.03. The first kappa shape index (κ1) is 14.5. The highest BCUT2D eigenvalue weighted by Gasteiger charge is 2.32. The molecule has 1 heterocycles. The number of carbonyl (C=O) groups excluding carboxylic acids is 1. The largest absolute Gasteiger partial charge is 0.371 e. The Morgan fingerprint density at radius 1 is 1.26 bits per heavy atom. The van der Waals surface area contributed by atoms with E-state index in [0.717, 1.165) is 30.2 Å². The number of ether oxygens (including phenoxy) is 1. The van der Waals surface area contributed by atoms with Gasteiger partial charge in [-0.05, 0) is 18.4 Å². The fourth-order valence-electron chi connectivity index (χ4n) is 2.35. The first-order valence-electron chi connectivity index (χ1n) is 6.80. The Morgan fingerprint density at radius 3 is 2.79 bits per heavy atom. The van der Waals surface area contributed by atoms with Crippen LogP contribution in [0, 0.1) is 0 Å². The van der Waals surface area contributed by atoms with Gasteiger partial charge < -0.3 is 10.1 Å². The van der Waals surface area contributed by atoms with Gasteiger partial charge in [-0.25, -0.2) is 0 Å². The molecule has 2 atom stereocenters. The van der Waals surface area contributed by atoms with Gasteiger partial charge in [-0.1, -0.05) is 52.7 Å². The zero-order valence-corrected chi connectivity index (χ0v) is 12.6. The SMILES string of the molecule is O=C1C[C@H](OCc2ccccc2)[C@@H](CCCCBr)N1. The first-order valence-corrected chi connectivity index (χ1v) is 7.92. The van der Waals surface area contributed by atoms with E-state index in [1.807, 2.05) is 30.3 Å². The number of nitrogens with one attached hydrogen (secondary N) is 1. The van der Waals surface area contributed by atoms with Gasteiger partial charge in [0.25, 0.3) is 0 Å². The number of rotatable bonds is 7. The van der Waals surface area contributed by atoms with Crippen molar-refractivity contribution in [1.82, 2.24) is 5.32 Å². The van der Waals surface area contributed by atoms with Crippen LogP contribution in [-0.4, -0.2) is 23.4 Å². The van der Waals surface area contributed by atoms with Crippen molar-refractivity contribution in [3.8, 4) is 0 Å². The molecule has 1 aromatic carbocycles. The highest BCUT2D eigenvalue weighted by atomic mass is 79.9. The van der Waals surface area contributed by atoms with Crippen LogP contribution < -0.4 is 5.32 Å².